The van der Waals surface area contributed by atoms with Crippen molar-refractivity contribution in [3.8, 4) is 0 Å². The van der Waals surface area contributed by atoms with Gasteiger partial charge >= 0.3 is 5.97 Å². The van der Waals surface area contributed by atoms with Crippen molar-refractivity contribution in [1.82, 2.24) is 5.43 Å². The molecule has 6 nitrogen and oxygen atoms in total. The van der Waals surface area contributed by atoms with Crippen LogP contribution in [0.25, 0.3) is 0 Å². The summed E-state index contributed by atoms with van der Waals surface area (Å²) in [6.07, 6.45) is 6.68. The van der Waals surface area contributed by atoms with Crippen molar-refractivity contribution in [2.45, 2.75) is 77.7 Å². The molecule has 2 unspecified atom stereocenters. The maximum Gasteiger partial charge on any atom is 0.338 e. The number of ether oxygens (including phenoxy) is 1. The minimum Gasteiger partial charge on any atom is -0.453 e. The monoisotopic (exact) mass is 350 g/mol. The molecule has 6 heteroatoms. The summed E-state index contributed by atoms with van der Waals surface area (Å²) in [6.45, 7) is 6.38. The fourth-order valence-electron chi connectivity index (χ4n) is 4.87. The van der Waals surface area contributed by atoms with E-state index in [1.165, 1.54) is 6.42 Å². The van der Waals surface area contributed by atoms with E-state index in [2.05, 4.69) is 31.3 Å². The van der Waals surface area contributed by atoms with Crippen molar-refractivity contribution in [3.05, 3.63) is 0 Å². The highest BCUT2D eigenvalue weighted by Crippen LogP contribution is 2.63. The minimum atomic E-state index is -1.42. The molecule has 0 aliphatic heterocycles. The number of nitrogens with zero attached hydrogens (tertiary/aromatic N) is 1. The first-order chi connectivity index (χ1) is 11.7. The molecule has 0 aromatic rings. The number of fused-ring (bicyclic) bond motifs is 2. The van der Waals surface area contributed by atoms with Crippen molar-refractivity contribution in [3.63, 3.8) is 0 Å². The first kappa shape index (κ1) is 18.4. The van der Waals surface area contributed by atoms with Gasteiger partial charge in [0.15, 0.2) is 12.2 Å². The molecule has 0 radical (unpaired) electrons. The van der Waals surface area contributed by atoms with E-state index in [1.54, 1.807) is 0 Å². The van der Waals surface area contributed by atoms with E-state index in [0.29, 0.717) is 18.8 Å². The number of amides is 1. The summed E-state index contributed by atoms with van der Waals surface area (Å²) in [6, 6.07) is 0. The minimum absolute atomic E-state index is 0.0267. The Morgan fingerprint density at radius 2 is 1.88 bits per heavy atom. The number of carbonyl (C=O) groups excluding carboxylic acids is 2. The summed E-state index contributed by atoms with van der Waals surface area (Å²) in [5.74, 6) is -0.529. The van der Waals surface area contributed by atoms with E-state index in [9.17, 15) is 14.7 Å². The quantitative estimate of drug-likeness (QED) is 0.602. The van der Waals surface area contributed by atoms with Gasteiger partial charge in [0.05, 0.1) is 0 Å². The number of hydrazone groups is 1. The predicted molar refractivity (Wildman–Crippen MR) is 93.8 cm³/mol. The van der Waals surface area contributed by atoms with Gasteiger partial charge in [0.25, 0.3) is 5.91 Å². The molecule has 2 atom stereocenters. The Morgan fingerprint density at radius 1 is 1.20 bits per heavy atom. The molecule has 0 aromatic carbocycles. The molecule has 3 aliphatic carbocycles. The average Bonchev–Trinajstić information content (AvgIpc) is 2.91. The van der Waals surface area contributed by atoms with Crippen LogP contribution in [0.1, 0.15) is 72.1 Å². The molecule has 0 aromatic heterocycles. The second kappa shape index (κ2) is 6.38. The van der Waals surface area contributed by atoms with E-state index < -0.39 is 24.1 Å². The molecule has 2 N–H and O–H groups in total. The molecular weight excluding hydrogens is 320 g/mol. The Labute approximate surface area is 149 Å². The second-order valence-corrected chi connectivity index (χ2v) is 8.76. The van der Waals surface area contributed by atoms with Gasteiger partial charge in [0, 0.05) is 11.1 Å². The Bertz CT molecular complexity index is 592. The summed E-state index contributed by atoms with van der Waals surface area (Å²) >= 11 is 0. The number of rotatable bonds is 4. The third-order valence-corrected chi connectivity index (χ3v) is 7.22. The zero-order valence-corrected chi connectivity index (χ0v) is 15.6. The van der Waals surface area contributed by atoms with E-state index in [0.717, 1.165) is 37.8 Å². The lowest BCUT2D eigenvalue weighted by Crippen LogP contribution is -2.43. The van der Waals surface area contributed by atoms with Gasteiger partial charge < -0.3 is 9.84 Å². The fourth-order valence-corrected chi connectivity index (χ4v) is 4.87. The summed E-state index contributed by atoms with van der Waals surface area (Å²) in [5.41, 5.74) is 2.38. The third kappa shape index (κ3) is 3.09. The molecule has 3 rings (SSSR count). The lowest BCUT2D eigenvalue weighted by Gasteiger charge is -2.34. The standard InChI is InChI=1S/C19H30N2O4/c1-17(2)13-7-10-18(17,3)14(11-13)20-21-15(22)12-25-16(23)19(24)8-5-4-6-9-19/h13,24H,4-12H2,1-3H3,(H,21,22)/b20-14-. The highest BCUT2D eigenvalue weighted by Gasteiger charge is 2.60. The molecule has 3 saturated carbocycles. The maximum atomic E-state index is 12.0. The lowest BCUT2D eigenvalue weighted by atomic mass is 9.70. The summed E-state index contributed by atoms with van der Waals surface area (Å²) in [7, 11) is 0. The summed E-state index contributed by atoms with van der Waals surface area (Å²) in [5, 5.41) is 14.6. The van der Waals surface area contributed by atoms with Crippen LogP contribution in [0.2, 0.25) is 0 Å². The molecule has 3 fully saturated rings. The number of aliphatic hydroxyl groups is 1. The topological polar surface area (TPSA) is 88.0 Å². The zero-order chi connectivity index (χ0) is 18.3. The molecule has 25 heavy (non-hydrogen) atoms. The Hall–Kier alpha value is -1.43. The molecule has 140 valence electrons. The van der Waals surface area contributed by atoms with E-state index >= 15 is 0 Å². The largest absolute Gasteiger partial charge is 0.453 e. The van der Waals surface area contributed by atoms with Crippen LogP contribution >= 0.6 is 0 Å². The number of esters is 1. The van der Waals surface area contributed by atoms with Gasteiger partial charge in [-0.15, -0.1) is 0 Å². The van der Waals surface area contributed by atoms with Crippen LogP contribution in [0, 0.1) is 16.7 Å². The van der Waals surface area contributed by atoms with Crippen molar-refractivity contribution in [1.29, 1.82) is 0 Å². The van der Waals surface area contributed by atoms with Gasteiger partial charge in [0.1, 0.15) is 0 Å². The molecule has 0 heterocycles. The van der Waals surface area contributed by atoms with Crippen molar-refractivity contribution in [2.75, 3.05) is 6.61 Å². The number of nitrogens with one attached hydrogen (secondary N) is 1. The van der Waals surface area contributed by atoms with Gasteiger partial charge in [-0.3, -0.25) is 4.79 Å². The first-order valence-electron chi connectivity index (χ1n) is 9.44. The number of hydrogen-bond acceptors (Lipinski definition) is 5. The maximum absolute atomic E-state index is 12.0. The fraction of sp³-hybridized carbons (Fsp3) is 0.842. The third-order valence-electron chi connectivity index (χ3n) is 7.22. The van der Waals surface area contributed by atoms with Gasteiger partial charge in [-0.1, -0.05) is 27.2 Å². The van der Waals surface area contributed by atoms with E-state index in [1.807, 2.05) is 0 Å². The van der Waals surface area contributed by atoms with Crippen LogP contribution < -0.4 is 5.43 Å². The number of hydrogen-bond donors (Lipinski definition) is 2. The van der Waals surface area contributed by atoms with Gasteiger partial charge in [-0.25, -0.2) is 10.2 Å². The van der Waals surface area contributed by atoms with Crippen LogP contribution in [-0.4, -0.2) is 34.9 Å². The van der Waals surface area contributed by atoms with E-state index in [-0.39, 0.29) is 10.8 Å². The van der Waals surface area contributed by atoms with Crippen LogP contribution in [0.15, 0.2) is 5.10 Å². The van der Waals surface area contributed by atoms with Gasteiger partial charge in [0.2, 0.25) is 0 Å². The SMILES string of the molecule is CC12CCC(C/C1=N/NC(=O)COC(=O)C1(O)CCCCC1)C2(C)C. The summed E-state index contributed by atoms with van der Waals surface area (Å²) < 4.78 is 5.02. The lowest BCUT2D eigenvalue weighted by molar-refractivity contribution is -0.170. The highest BCUT2D eigenvalue weighted by atomic mass is 16.6. The van der Waals surface area contributed by atoms with E-state index in [4.69, 9.17) is 4.74 Å². The molecule has 3 aliphatic rings. The van der Waals surface area contributed by atoms with Crippen LogP contribution in [-0.2, 0) is 14.3 Å². The normalized spacial score (nSPS) is 34.1. The average molecular weight is 350 g/mol. The van der Waals surface area contributed by atoms with Gasteiger partial charge in [-0.05, 0) is 56.3 Å². The van der Waals surface area contributed by atoms with Crippen LogP contribution in [0.4, 0.5) is 0 Å². The predicted octanol–water partition coefficient (Wildman–Crippen LogP) is 2.54. The Kier molecular flexibility index (Phi) is 4.69. The summed E-state index contributed by atoms with van der Waals surface area (Å²) in [4.78, 5) is 24.0. The number of carbonyl (C=O) groups is 2. The highest BCUT2D eigenvalue weighted by molar-refractivity contribution is 5.95. The molecule has 0 saturated heterocycles. The molecular formula is C19H30N2O4. The molecule has 1 amide bonds. The van der Waals surface area contributed by atoms with Crippen LogP contribution in [0.3, 0.4) is 0 Å². The molecule has 2 bridgehead atoms. The Balaban J connectivity index is 1.51. The smallest absolute Gasteiger partial charge is 0.338 e. The molecule has 0 spiro atoms. The Morgan fingerprint density at radius 3 is 2.44 bits per heavy atom. The van der Waals surface area contributed by atoms with Crippen molar-refractivity contribution >= 4 is 17.6 Å². The second-order valence-electron chi connectivity index (χ2n) is 8.76. The van der Waals surface area contributed by atoms with Gasteiger partial charge in [-0.2, -0.15) is 5.10 Å². The van der Waals surface area contributed by atoms with Crippen molar-refractivity contribution in [2.24, 2.45) is 21.8 Å². The van der Waals surface area contributed by atoms with Crippen LogP contribution in [0.5, 0.6) is 0 Å². The first-order valence-corrected chi connectivity index (χ1v) is 9.44. The van der Waals surface area contributed by atoms with Crippen molar-refractivity contribution < 1.29 is 19.4 Å². The zero-order valence-electron chi connectivity index (χ0n) is 15.6.